The molecule has 0 aliphatic carbocycles. The van der Waals surface area contributed by atoms with Gasteiger partial charge in [-0.1, -0.05) is 71.0 Å². The number of para-hydroxylation sites is 2. The molecule has 0 amide bonds. The van der Waals surface area contributed by atoms with Gasteiger partial charge in [0.25, 0.3) is 0 Å². The van der Waals surface area contributed by atoms with E-state index in [1.807, 2.05) is 0 Å². The summed E-state index contributed by atoms with van der Waals surface area (Å²) in [7, 11) is 0. The predicted molar refractivity (Wildman–Crippen MR) is 103 cm³/mol. The summed E-state index contributed by atoms with van der Waals surface area (Å²) in [5.74, 6) is 1.75. The van der Waals surface area contributed by atoms with Crippen LogP contribution in [0.5, 0.6) is 0 Å². The van der Waals surface area contributed by atoms with Crippen LogP contribution in [0.15, 0.2) is 48.5 Å². The van der Waals surface area contributed by atoms with Gasteiger partial charge in [0.15, 0.2) is 0 Å². The number of fused-ring (bicyclic) bond motifs is 1. The Labute approximate surface area is 145 Å². The lowest BCUT2D eigenvalue weighted by Crippen LogP contribution is -2.15. The molecule has 2 nitrogen and oxygen atoms in total. The van der Waals surface area contributed by atoms with Crippen molar-refractivity contribution in [2.24, 2.45) is 5.41 Å². The molecule has 24 heavy (non-hydrogen) atoms. The summed E-state index contributed by atoms with van der Waals surface area (Å²) >= 11 is 0. The van der Waals surface area contributed by atoms with Gasteiger partial charge >= 0.3 is 0 Å². The molecule has 0 N–H and O–H groups in total. The number of aromatic nitrogens is 2. The van der Waals surface area contributed by atoms with Crippen LogP contribution in [-0.2, 0) is 13.0 Å². The highest BCUT2D eigenvalue weighted by Crippen LogP contribution is 2.25. The average molecular weight is 320 g/mol. The van der Waals surface area contributed by atoms with Gasteiger partial charge in [0, 0.05) is 13.0 Å². The summed E-state index contributed by atoms with van der Waals surface area (Å²) in [5.41, 5.74) is 5.27. The molecule has 0 aliphatic rings. The maximum absolute atomic E-state index is 4.90. The van der Waals surface area contributed by atoms with Crippen molar-refractivity contribution >= 4 is 11.0 Å². The number of benzene rings is 2. The molecule has 0 fully saturated rings. The summed E-state index contributed by atoms with van der Waals surface area (Å²) in [6, 6.07) is 17.5. The zero-order valence-electron chi connectivity index (χ0n) is 15.5. The first-order valence-electron chi connectivity index (χ1n) is 8.86. The number of nitrogens with zero attached hydrogens (tertiary/aromatic N) is 2. The van der Waals surface area contributed by atoms with Crippen LogP contribution in [0.4, 0.5) is 0 Å². The largest absolute Gasteiger partial charge is 0.323 e. The number of rotatable bonds is 4. The Morgan fingerprint density at radius 3 is 2.25 bits per heavy atom. The standard InChI is InChI=1S/C22H28N2/c1-16(2)18-12-10-17(11-13-18)15-24-20-9-7-6-8-19(20)23-21(24)14-22(3,4)5/h6-13,16H,14-15H2,1-5H3. The van der Waals surface area contributed by atoms with Crippen molar-refractivity contribution in [3.8, 4) is 0 Å². The molecule has 0 aliphatic heterocycles. The van der Waals surface area contributed by atoms with Gasteiger partial charge in [-0.25, -0.2) is 4.98 Å². The minimum Gasteiger partial charge on any atom is -0.323 e. The molecule has 1 aromatic heterocycles. The second kappa shape index (κ2) is 6.43. The number of imidazole rings is 1. The minimum absolute atomic E-state index is 0.223. The van der Waals surface area contributed by atoms with E-state index in [4.69, 9.17) is 4.98 Å². The van der Waals surface area contributed by atoms with Crippen molar-refractivity contribution in [3.63, 3.8) is 0 Å². The summed E-state index contributed by atoms with van der Waals surface area (Å²) in [4.78, 5) is 4.90. The topological polar surface area (TPSA) is 17.8 Å². The van der Waals surface area contributed by atoms with Crippen molar-refractivity contribution in [2.75, 3.05) is 0 Å². The van der Waals surface area contributed by atoms with Gasteiger partial charge in [0.1, 0.15) is 5.82 Å². The third-order valence-electron chi connectivity index (χ3n) is 4.41. The zero-order valence-corrected chi connectivity index (χ0v) is 15.5. The first-order valence-corrected chi connectivity index (χ1v) is 8.86. The van der Waals surface area contributed by atoms with E-state index < -0.39 is 0 Å². The van der Waals surface area contributed by atoms with Crippen LogP contribution in [-0.4, -0.2) is 9.55 Å². The Hall–Kier alpha value is -2.09. The minimum atomic E-state index is 0.223. The van der Waals surface area contributed by atoms with Crippen molar-refractivity contribution < 1.29 is 0 Å². The van der Waals surface area contributed by atoms with E-state index in [0.29, 0.717) is 5.92 Å². The highest BCUT2D eigenvalue weighted by Gasteiger charge is 2.18. The lowest BCUT2D eigenvalue weighted by Gasteiger charge is -2.19. The van der Waals surface area contributed by atoms with Crippen LogP contribution in [0.1, 0.15) is 57.5 Å². The second-order valence-corrected chi connectivity index (χ2v) is 8.24. The van der Waals surface area contributed by atoms with E-state index in [1.54, 1.807) is 0 Å². The summed E-state index contributed by atoms with van der Waals surface area (Å²) in [6.45, 7) is 12.2. The maximum Gasteiger partial charge on any atom is 0.110 e. The molecule has 0 saturated carbocycles. The van der Waals surface area contributed by atoms with Crippen LogP contribution >= 0.6 is 0 Å². The monoisotopic (exact) mass is 320 g/mol. The van der Waals surface area contributed by atoms with E-state index in [9.17, 15) is 0 Å². The van der Waals surface area contributed by atoms with E-state index >= 15 is 0 Å². The zero-order chi connectivity index (χ0) is 17.3. The molecule has 2 heteroatoms. The molecule has 3 aromatic rings. The van der Waals surface area contributed by atoms with Gasteiger partial charge in [-0.05, 0) is 34.6 Å². The number of hydrogen-bond donors (Lipinski definition) is 0. The maximum atomic E-state index is 4.90. The lowest BCUT2D eigenvalue weighted by atomic mass is 9.92. The third kappa shape index (κ3) is 3.69. The lowest BCUT2D eigenvalue weighted by molar-refractivity contribution is 0.394. The Bertz CT molecular complexity index is 817. The van der Waals surface area contributed by atoms with Crippen LogP contribution in [0, 0.1) is 5.41 Å². The molecule has 0 radical (unpaired) electrons. The van der Waals surface area contributed by atoms with E-state index in [1.165, 1.54) is 22.5 Å². The van der Waals surface area contributed by atoms with Crippen LogP contribution in [0.2, 0.25) is 0 Å². The molecule has 1 heterocycles. The molecule has 0 unspecified atom stereocenters. The Kier molecular flexibility index (Phi) is 4.49. The normalized spacial score (nSPS) is 12.2. The van der Waals surface area contributed by atoms with Gasteiger partial charge in [-0.15, -0.1) is 0 Å². The second-order valence-electron chi connectivity index (χ2n) is 8.24. The third-order valence-corrected chi connectivity index (χ3v) is 4.41. The molecule has 0 atom stereocenters. The van der Waals surface area contributed by atoms with Crippen molar-refractivity contribution in [1.82, 2.24) is 9.55 Å². The summed E-state index contributed by atoms with van der Waals surface area (Å²) in [6.07, 6.45) is 0.978. The molecule has 0 bridgehead atoms. The summed E-state index contributed by atoms with van der Waals surface area (Å²) < 4.78 is 2.38. The Morgan fingerprint density at radius 1 is 0.958 bits per heavy atom. The SMILES string of the molecule is CC(C)c1ccc(Cn2c(CC(C)(C)C)nc3ccccc32)cc1. The van der Waals surface area contributed by atoms with Crippen LogP contribution in [0.3, 0.4) is 0 Å². The van der Waals surface area contributed by atoms with Crippen LogP contribution in [0.25, 0.3) is 11.0 Å². The quantitative estimate of drug-likeness (QED) is 0.594. The smallest absolute Gasteiger partial charge is 0.110 e. The van der Waals surface area contributed by atoms with Gasteiger partial charge in [0.05, 0.1) is 11.0 Å². The molecular formula is C22H28N2. The fraction of sp³-hybridized carbons (Fsp3) is 0.409. The van der Waals surface area contributed by atoms with E-state index in [2.05, 4.69) is 87.7 Å². The average Bonchev–Trinajstić information content (AvgIpc) is 2.83. The molecular weight excluding hydrogens is 292 g/mol. The molecule has 2 aromatic carbocycles. The Balaban J connectivity index is 1.99. The van der Waals surface area contributed by atoms with Crippen LogP contribution < -0.4 is 0 Å². The fourth-order valence-corrected chi connectivity index (χ4v) is 3.10. The van der Waals surface area contributed by atoms with Gasteiger partial charge < -0.3 is 4.57 Å². The first-order chi connectivity index (χ1) is 11.3. The van der Waals surface area contributed by atoms with Gasteiger partial charge in [-0.2, -0.15) is 0 Å². The van der Waals surface area contributed by atoms with Crippen molar-refractivity contribution in [1.29, 1.82) is 0 Å². The predicted octanol–water partition coefficient (Wildman–Crippen LogP) is 5.80. The molecule has 3 rings (SSSR count). The van der Waals surface area contributed by atoms with E-state index in [0.717, 1.165) is 18.5 Å². The first kappa shape index (κ1) is 16.8. The van der Waals surface area contributed by atoms with Crippen molar-refractivity contribution in [2.45, 2.75) is 53.5 Å². The van der Waals surface area contributed by atoms with Crippen molar-refractivity contribution in [3.05, 3.63) is 65.5 Å². The highest BCUT2D eigenvalue weighted by molar-refractivity contribution is 5.76. The van der Waals surface area contributed by atoms with Gasteiger partial charge in [0.2, 0.25) is 0 Å². The summed E-state index contributed by atoms with van der Waals surface area (Å²) in [5, 5.41) is 0. The molecule has 126 valence electrons. The van der Waals surface area contributed by atoms with E-state index in [-0.39, 0.29) is 5.41 Å². The molecule has 0 saturated heterocycles. The number of hydrogen-bond acceptors (Lipinski definition) is 1. The molecule has 0 spiro atoms. The van der Waals surface area contributed by atoms with Gasteiger partial charge in [-0.3, -0.25) is 0 Å². The fourth-order valence-electron chi connectivity index (χ4n) is 3.10. The highest BCUT2D eigenvalue weighted by atomic mass is 15.1. The Morgan fingerprint density at radius 2 is 1.62 bits per heavy atom.